The Balaban J connectivity index is 1.54. The molecular weight excluding hydrogens is 562 g/mol. The molecular formula is C35H42ClN3O4. The van der Waals surface area contributed by atoms with Crippen molar-refractivity contribution >= 4 is 29.1 Å². The van der Waals surface area contributed by atoms with Crippen LogP contribution in [0.5, 0.6) is 11.5 Å². The molecule has 8 heteroatoms. The van der Waals surface area contributed by atoms with Gasteiger partial charge in [-0.15, -0.1) is 0 Å². The van der Waals surface area contributed by atoms with Gasteiger partial charge in [-0.3, -0.25) is 9.59 Å². The number of hydrogen-bond donors (Lipinski definition) is 1. The number of methoxy groups -OCH3 is 1. The number of amides is 2. The number of fused-ring (bicyclic) bond motifs is 1. The molecule has 43 heavy (non-hydrogen) atoms. The third-order valence-corrected chi connectivity index (χ3v) is 9.03. The van der Waals surface area contributed by atoms with Crippen molar-refractivity contribution in [1.82, 2.24) is 10.2 Å². The molecule has 1 fully saturated rings. The first-order valence-electron chi connectivity index (χ1n) is 15.3. The summed E-state index contributed by atoms with van der Waals surface area (Å²) >= 11 is 6.27. The van der Waals surface area contributed by atoms with E-state index < -0.39 is 0 Å². The van der Waals surface area contributed by atoms with Crippen LogP contribution in [0.1, 0.15) is 81.3 Å². The third-order valence-electron chi connectivity index (χ3n) is 8.78. The monoisotopic (exact) mass is 603 g/mol. The molecule has 3 aromatic rings. The molecule has 5 rings (SSSR count). The number of nitrogens with zero attached hydrogens (tertiary/aromatic N) is 2. The summed E-state index contributed by atoms with van der Waals surface area (Å²) in [5, 5.41) is 4.06. The smallest absolute Gasteiger partial charge is 0.232 e. The predicted octanol–water partition coefficient (Wildman–Crippen LogP) is 6.87. The van der Waals surface area contributed by atoms with Crippen molar-refractivity contribution < 1.29 is 19.1 Å². The normalized spacial score (nSPS) is 19.8. The molecule has 1 saturated heterocycles. The lowest BCUT2D eigenvalue weighted by atomic mass is 9.86. The number of anilines is 1. The van der Waals surface area contributed by atoms with Crippen molar-refractivity contribution in [3.05, 3.63) is 87.9 Å². The summed E-state index contributed by atoms with van der Waals surface area (Å²) in [5.74, 6) is 1.34. The van der Waals surface area contributed by atoms with Gasteiger partial charge in [-0.25, -0.2) is 0 Å². The van der Waals surface area contributed by atoms with E-state index >= 15 is 0 Å². The second-order valence-corrected chi connectivity index (χ2v) is 12.1. The number of carbonyl (C=O) groups excluding carboxylic acids is 2. The molecule has 2 aliphatic heterocycles. The van der Waals surface area contributed by atoms with E-state index in [1.165, 1.54) is 0 Å². The minimum absolute atomic E-state index is 0.00969. The second-order valence-electron chi connectivity index (χ2n) is 11.6. The van der Waals surface area contributed by atoms with Crippen molar-refractivity contribution in [2.75, 3.05) is 25.1 Å². The molecule has 2 amide bonds. The molecule has 228 valence electrons. The molecule has 3 aromatic carbocycles. The van der Waals surface area contributed by atoms with Crippen molar-refractivity contribution in [3.8, 4) is 11.5 Å². The fourth-order valence-electron chi connectivity index (χ4n) is 6.37. The predicted molar refractivity (Wildman–Crippen MR) is 171 cm³/mol. The van der Waals surface area contributed by atoms with Crippen molar-refractivity contribution in [3.63, 3.8) is 0 Å². The van der Waals surface area contributed by atoms with Crippen molar-refractivity contribution in [2.24, 2.45) is 0 Å². The standard InChI is InChI=1S/C35H42ClN3O4/c1-6-22(2)43-33-20-31-27(18-32(33)42-5)19-34(41)39(35(31)26-9-13-28(36)14-10-26)29-15-11-25(12-16-29)23(3)38(24(4)40)30-8-7-17-37-21-30/h9-16,18,20,22-23,30,35,37H,6-8,17,19,21H2,1-5H3/t22-,23?,30-,35-/m1/s1. The number of ether oxygens (including phenoxy) is 2. The van der Waals surface area contributed by atoms with Crippen LogP contribution in [-0.4, -0.2) is 49.1 Å². The Bertz CT molecular complexity index is 1440. The highest BCUT2D eigenvalue weighted by Crippen LogP contribution is 2.44. The molecule has 0 spiro atoms. The van der Waals surface area contributed by atoms with E-state index in [2.05, 4.69) is 19.2 Å². The van der Waals surface area contributed by atoms with Crippen LogP contribution in [0.4, 0.5) is 5.69 Å². The fraction of sp³-hybridized carbons (Fsp3) is 0.429. The Hall–Kier alpha value is -3.55. The Kier molecular flexibility index (Phi) is 9.62. The van der Waals surface area contributed by atoms with E-state index in [4.69, 9.17) is 21.1 Å². The van der Waals surface area contributed by atoms with Crippen molar-refractivity contribution in [1.29, 1.82) is 0 Å². The van der Waals surface area contributed by atoms with Gasteiger partial charge in [0.15, 0.2) is 11.5 Å². The number of carbonyl (C=O) groups is 2. The zero-order valence-corrected chi connectivity index (χ0v) is 26.5. The molecule has 0 saturated carbocycles. The summed E-state index contributed by atoms with van der Waals surface area (Å²) in [6.07, 6.45) is 3.16. The highest BCUT2D eigenvalue weighted by atomic mass is 35.5. The first-order chi connectivity index (χ1) is 20.7. The maximum absolute atomic E-state index is 13.9. The zero-order chi connectivity index (χ0) is 30.7. The molecule has 1 unspecified atom stereocenters. The molecule has 2 aliphatic rings. The van der Waals surface area contributed by atoms with E-state index in [9.17, 15) is 9.59 Å². The van der Waals surface area contributed by atoms with Gasteiger partial charge in [-0.05, 0) is 98.3 Å². The molecule has 0 aliphatic carbocycles. The average Bonchev–Trinajstić information content (AvgIpc) is 3.01. The Morgan fingerprint density at radius 3 is 2.42 bits per heavy atom. The topological polar surface area (TPSA) is 71.1 Å². The van der Waals surface area contributed by atoms with E-state index in [0.717, 1.165) is 60.3 Å². The van der Waals surface area contributed by atoms with E-state index in [-0.39, 0.29) is 42.5 Å². The number of rotatable bonds is 9. The number of nitrogens with one attached hydrogen (secondary N) is 1. The summed E-state index contributed by atoms with van der Waals surface area (Å²) in [4.78, 5) is 30.5. The van der Waals surface area contributed by atoms with Crippen LogP contribution in [0.2, 0.25) is 5.02 Å². The van der Waals surface area contributed by atoms with Gasteiger partial charge in [0.2, 0.25) is 11.8 Å². The Morgan fingerprint density at radius 1 is 1.09 bits per heavy atom. The number of benzene rings is 3. The van der Waals surface area contributed by atoms with E-state index in [0.29, 0.717) is 16.5 Å². The van der Waals surface area contributed by atoms with Gasteiger partial charge in [0.1, 0.15) is 0 Å². The summed E-state index contributed by atoms with van der Waals surface area (Å²) < 4.78 is 11.9. The first-order valence-corrected chi connectivity index (χ1v) is 15.6. The number of halogens is 1. The van der Waals surface area contributed by atoms with Gasteiger partial charge < -0.3 is 24.6 Å². The van der Waals surface area contributed by atoms with E-state index in [1.807, 2.05) is 77.4 Å². The number of piperidine rings is 1. The van der Waals surface area contributed by atoms with Gasteiger partial charge in [0, 0.05) is 30.2 Å². The van der Waals surface area contributed by atoms with Crippen LogP contribution in [0.3, 0.4) is 0 Å². The highest BCUT2D eigenvalue weighted by molar-refractivity contribution is 6.30. The van der Waals surface area contributed by atoms with Gasteiger partial charge in [0.25, 0.3) is 0 Å². The SMILES string of the molecule is CC[C@@H](C)Oc1cc2c(cc1OC)CC(=O)N(c1ccc(C(C)N(C(C)=O)[C@@H]3CCCNC3)cc1)[C@@H]2c1ccc(Cl)cc1. The lowest BCUT2D eigenvalue weighted by Gasteiger charge is -2.39. The summed E-state index contributed by atoms with van der Waals surface area (Å²) in [6.45, 7) is 9.64. The minimum Gasteiger partial charge on any atom is -0.493 e. The highest BCUT2D eigenvalue weighted by Gasteiger charge is 2.36. The summed E-state index contributed by atoms with van der Waals surface area (Å²) in [6, 6.07) is 19.4. The molecule has 4 atom stereocenters. The van der Waals surface area contributed by atoms with E-state index in [1.54, 1.807) is 14.0 Å². The molecule has 2 heterocycles. The molecule has 7 nitrogen and oxygen atoms in total. The second kappa shape index (κ2) is 13.4. The van der Waals surface area contributed by atoms with Gasteiger partial charge >= 0.3 is 0 Å². The molecule has 0 aromatic heterocycles. The molecule has 1 N–H and O–H groups in total. The summed E-state index contributed by atoms with van der Waals surface area (Å²) in [5.41, 5.74) is 4.68. The van der Waals surface area contributed by atoms with Crippen molar-refractivity contribution in [2.45, 2.75) is 77.6 Å². The van der Waals surface area contributed by atoms with Crippen LogP contribution < -0.4 is 19.7 Å². The lowest BCUT2D eigenvalue weighted by Crippen LogP contribution is -2.49. The Morgan fingerprint density at radius 2 is 1.81 bits per heavy atom. The first kappa shape index (κ1) is 30.9. The maximum atomic E-state index is 13.9. The third kappa shape index (κ3) is 6.53. The van der Waals surface area contributed by atoms with Crippen LogP contribution in [-0.2, 0) is 16.0 Å². The molecule has 0 bridgehead atoms. The number of hydrogen-bond acceptors (Lipinski definition) is 5. The van der Waals surface area contributed by atoms with Crippen LogP contribution in [0.15, 0.2) is 60.7 Å². The van der Waals surface area contributed by atoms with Gasteiger partial charge in [-0.1, -0.05) is 42.8 Å². The maximum Gasteiger partial charge on any atom is 0.232 e. The molecule has 0 radical (unpaired) electrons. The largest absolute Gasteiger partial charge is 0.493 e. The lowest BCUT2D eigenvalue weighted by molar-refractivity contribution is -0.134. The quantitative estimate of drug-likeness (QED) is 0.289. The average molecular weight is 604 g/mol. The van der Waals surface area contributed by atoms with Crippen LogP contribution >= 0.6 is 11.6 Å². The fourth-order valence-corrected chi connectivity index (χ4v) is 6.49. The zero-order valence-electron chi connectivity index (χ0n) is 25.7. The van der Waals surface area contributed by atoms with Gasteiger partial charge in [-0.2, -0.15) is 0 Å². The van der Waals surface area contributed by atoms with Crippen LogP contribution in [0.25, 0.3) is 0 Å². The summed E-state index contributed by atoms with van der Waals surface area (Å²) in [7, 11) is 1.62. The Labute approximate surface area is 260 Å². The van der Waals surface area contributed by atoms with Gasteiger partial charge in [0.05, 0.1) is 31.7 Å². The minimum atomic E-state index is -0.385. The van der Waals surface area contributed by atoms with Crippen LogP contribution in [0, 0.1) is 0 Å².